The Morgan fingerprint density at radius 1 is 0.875 bits per heavy atom. The van der Waals surface area contributed by atoms with Gasteiger partial charge >= 0.3 is 0 Å². The van der Waals surface area contributed by atoms with Crippen molar-refractivity contribution in [3.8, 4) is 0 Å². The van der Waals surface area contributed by atoms with Gasteiger partial charge in [0, 0.05) is 43.9 Å². The molecule has 0 amide bonds. The van der Waals surface area contributed by atoms with Gasteiger partial charge in [0.2, 0.25) is 10.9 Å². The molecule has 0 N–H and O–H groups in total. The minimum atomic E-state index is 0.932. The van der Waals surface area contributed by atoms with Crippen molar-refractivity contribution in [3.63, 3.8) is 0 Å². The zero-order valence-electron chi connectivity index (χ0n) is 13.0. The topological polar surface area (TPSA) is 49.6 Å². The van der Waals surface area contributed by atoms with Crippen LogP contribution in [0.25, 0.3) is 16.0 Å². The number of piperazine rings is 1. The molecule has 6 nitrogen and oxygen atoms in total. The number of hydrogen-bond donors (Lipinski definition) is 0. The third-order valence-corrected chi connectivity index (χ3v) is 5.17. The number of pyridine rings is 1. The second kappa shape index (κ2) is 5.45. The number of fused-ring (bicyclic) bond motifs is 3. The van der Waals surface area contributed by atoms with Crippen molar-refractivity contribution < 1.29 is 0 Å². The van der Waals surface area contributed by atoms with E-state index in [4.69, 9.17) is 0 Å². The maximum atomic E-state index is 4.67. The summed E-state index contributed by atoms with van der Waals surface area (Å²) >= 11 is 1.46. The molecule has 1 aliphatic rings. The molecular formula is C17H16N6S. The van der Waals surface area contributed by atoms with Crippen LogP contribution in [0.2, 0.25) is 0 Å². The minimum absolute atomic E-state index is 0.932. The number of anilines is 2. The molecule has 0 atom stereocenters. The van der Waals surface area contributed by atoms with E-state index in [0.717, 1.165) is 53.9 Å². The number of hydrogen-bond acceptors (Lipinski definition) is 6. The van der Waals surface area contributed by atoms with E-state index < -0.39 is 0 Å². The highest BCUT2D eigenvalue weighted by Crippen LogP contribution is 2.27. The maximum Gasteiger partial charge on any atom is 0.223 e. The molecule has 0 saturated carbocycles. The molecule has 0 unspecified atom stereocenters. The Labute approximate surface area is 143 Å². The quantitative estimate of drug-likeness (QED) is 0.563. The lowest BCUT2D eigenvalue weighted by Gasteiger charge is -2.35. The van der Waals surface area contributed by atoms with Crippen LogP contribution in [0.1, 0.15) is 0 Å². The molecule has 7 heteroatoms. The molecule has 24 heavy (non-hydrogen) atoms. The van der Waals surface area contributed by atoms with Crippen molar-refractivity contribution in [2.75, 3.05) is 36.0 Å². The summed E-state index contributed by atoms with van der Waals surface area (Å²) < 4.78 is 6.84. The lowest BCUT2D eigenvalue weighted by molar-refractivity contribution is 0.636. The Morgan fingerprint density at radius 3 is 2.50 bits per heavy atom. The number of imidazole rings is 1. The van der Waals surface area contributed by atoms with Crippen molar-refractivity contribution in [2.24, 2.45) is 0 Å². The van der Waals surface area contributed by atoms with Crippen molar-refractivity contribution in [1.29, 1.82) is 0 Å². The van der Waals surface area contributed by atoms with Gasteiger partial charge in [0.25, 0.3) is 0 Å². The Balaban J connectivity index is 1.45. The highest BCUT2D eigenvalue weighted by molar-refractivity contribution is 7.11. The van der Waals surface area contributed by atoms with Gasteiger partial charge in [-0.1, -0.05) is 18.2 Å². The summed E-state index contributed by atoms with van der Waals surface area (Å²) in [5.74, 6) is 2.05. The number of benzene rings is 1. The monoisotopic (exact) mass is 336 g/mol. The average Bonchev–Trinajstić information content (AvgIpc) is 3.22. The van der Waals surface area contributed by atoms with Crippen LogP contribution in [0.4, 0.5) is 11.8 Å². The second-order valence-corrected chi connectivity index (χ2v) is 6.59. The lowest BCUT2D eigenvalue weighted by Crippen LogP contribution is -2.47. The standard InChI is InChI=1S/C17H16N6S/c1-2-6-14-13(5-1)19-17-23(14)16(20-24-17)22-11-9-21(10-12-22)15-7-3-4-8-18-15/h1-8H,9-12H2. The predicted octanol–water partition coefficient (Wildman–Crippen LogP) is 2.67. The van der Waals surface area contributed by atoms with Crippen LogP contribution in [0.5, 0.6) is 0 Å². The van der Waals surface area contributed by atoms with Gasteiger partial charge in [0.05, 0.1) is 11.0 Å². The fourth-order valence-electron chi connectivity index (χ4n) is 3.26. The van der Waals surface area contributed by atoms with Crippen LogP contribution >= 0.6 is 11.5 Å². The molecule has 1 aliphatic heterocycles. The van der Waals surface area contributed by atoms with E-state index in [1.165, 1.54) is 11.5 Å². The van der Waals surface area contributed by atoms with Gasteiger partial charge in [-0.25, -0.2) is 9.97 Å². The third-order valence-electron chi connectivity index (χ3n) is 4.47. The van der Waals surface area contributed by atoms with Gasteiger partial charge in [-0.15, -0.1) is 0 Å². The number of nitrogens with zero attached hydrogens (tertiary/aromatic N) is 6. The normalized spacial score (nSPS) is 15.5. The van der Waals surface area contributed by atoms with E-state index in [1.807, 2.05) is 24.4 Å². The van der Waals surface area contributed by atoms with Gasteiger partial charge in [-0.3, -0.25) is 4.40 Å². The first kappa shape index (κ1) is 13.7. The van der Waals surface area contributed by atoms with Crippen LogP contribution in [-0.4, -0.2) is 44.9 Å². The van der Waals surface area contributed by atoms with E-state index in [0.29, 0.717) is 0 Å². The summed E-state index contributed by atoms with van der Waals surface area (Å²) in [5, 5.41) is 0. The summed E-state index contributed by atoms with van der Waals surface area (Å²) in [5.41, 5.74) is 2.16. The molecule has 4 heterocycles. The van der Waals surface area contributed by atoms with Crippen LogP contribution in [0.15, 0.2) is 48.7 Å². The first-order valence-electron chi connectivity index (χ1n) is 8.04. The smallest absolute Gasteiger partial charge is 0.223 e. The maximum absolute atomic E-state index is 4.67. The first-order valence-corrected chi connectivity index (χ1v) is 8.81. The van der Waals surface area contributed by atoms with Crippen molar-refractivity contribution >= 4 is 39.3 Å². The largest absolute Gasteiger partial charge is 0.353 e. The molecule has 3 aromatic heterocycles. The highest BCUT2D eigenvalue weighted by atomic mass is 32.1. The Kier molecular flexibility index (Phi) is 3.12. The Morgan fingerprint density at radius 2 is 1.67 bits per heavy atom. The van der Waals surface area contributed by atoms with Gasteiger partial charge in [-0.2, -0.15) is 4.37 Å². The van der Waals surface area contributed by atoms with Crippen molar-refractivity contribution in [1.82, 2.24) is 18.7 Å². The first-order chi connectivity index (χ1) is 11.9. The number of rotatable bonds is 2. The van der Waals surface area contributed by atoms with E-state index in [2.05, 4.69) is 52.8 Å². The van der Waals surface area contributed by atoms with Gasteiger partial charge in [0.1, 0.15) is 5.82 Å². The molecule has 5 rings (SSSR count). The van der Waals surface area contributed by atoms with E-state index in [9.17, 15) is 0 Å². The third kappa shape index (κ3) is 2.12. The van der Waals surface area contributed by atoms with Crippen molar-refractivity contribution in [2.45, 2.75) is 0 Å². The number of aromatic nitrogens is 4. The molecular weight excluding hydrogens is 320 g/mol. The summed E-state index contributed by atoms with van der Waals surface area (Å²) in [7, 11) is 0. The van der Waals surface area contributed by atoms with Gasteiger partial charge in [-0.05, 0) is 24.3 Å². The molecule has 0 bridgehead atoms. The van der Waals surface area contributed by atoms with Crippen LogP contribution in [0, 0.1) is 0 Å². The molecule has 120 valence electrons. The fourth-order valence-corrected chi connectivity index (χ4v) is 4.02. The predicted molar refractivity (Wildman–Crippen MR) is 97.0 cm³/mol. The average molecular weight is 336 g/mol. The fraction of sp³-hybridized carbons (Fsp3) is 0.235. The molecule has 0 aliphatic carbocycles. The zero-order valence-corrected chi connectivity index (χ0v) is 13.9. The Hall–Kier alpha value is -2.67. The Bertz CT molecular complexity index is 984. The molecule has 1 fully saturated rings. The van der Waals surface area contributed by atoms with Crippen LogP contribution < -0.4 is 9.80 Å². The molecule has 1 saturated heterocycles. The lowest BCUT2D eigenvalue weighted by atomic mass is 10.3. The molecule has 0 spiro atoms. The SMILES string of the molecule is c1ccc(N2CCN(c3nsc4nc5ccccc5n34)CC2)nc1. The summed E-state index contributed by atoms with van der Waals surface area (Å²) in [6.07, 6.45) is 1.85. The summed E-state index contributed by atoms with van der Waals surface area (Å²) in [4.78, 5) is 14.7. The van der Waals surface area contributed by atoms with E-state index in [-0.39, 0.29) is 0 Å². The van der Waals surface area contributed by atoms with Crippen LogP contribution in [-0.2, 0) is 0 Å². The van der Waals surface area contributed by atoms with Crippen molar-refractivity contribution in [3.05, 3.63) is 48.7 Å². The van der Waals surface area contributed by atoms with E-state index in [1.54, 1.807) is 0 Å². The second-order valence-electron chi connectivity index (χ2n) is 5.86. The number of para-hydroxylation sites is 2. The summed E-state index contributed by atoms with van der Waals surface area (Å²) in [6.45, 7) is 3.76. The molecule has 1 aromatic carbocycles. The zero-order chi connectivity index (χ0) is 15.9. The van der Waals surface area contributed by atoms with Gasteiger partial charge in [0.15, 0.2) is 0 Å². The highest BCUT2D eigenvalue weighted by Gasteiger charge is 2.23. The van der Waals surface area contributed by atoms with Crippen LogP contribution in [0.3, 0.4) is 0 Å². The molecule has 0 radical (unpaired) electrons. The minimum Gasteiger partial charge on any atom is -0.353 e. The summed E-state index contributed by atoms with van der Waals surface area (Å²) in [6, 6.07) is 14.3. The molecule has 4 aromatic rings. The van der Waals surface area contributed by atoms with E-state index >= 15 is 0 Å². The van der Waals surface area contributed by atoms with Gasteiger partial charge < -0.3 is 9.80 Å².